The topological polar surface area (TPSA) is 55.8 Å². The Morgan fingerprint density at radius 1 is 1.35 bits per heavy atom. The molecular weight excluding hydrogens is 258 g/mol. The van der Waals surface area contributed by atoms with Crippen molar-refractivity contribution in [1.29, 1.82) is 0 Å². The van der Waals surface area contributed by atoms with Crippen molar-refractivity contribution in [2.24, 2.45) is 0 Å². The number of nitrogens with zero attached hydrogens (tertiary/aromatic N) is 1. The number of methoxy groups -OCH3 is 1. The Hall–Kier alpha value is -2.14. The van der Waals surface area contributed by atoms with Crippen LogP contribution in [0, 0.1) is 13.8 Å². The van der Waals surface area contributed by atoms with Gasteiger partial charge in [-0.15, -0.1) is 0 Å². The first-order valence-corrected chi connectivity index (χ1v) is 6.31. The van der Waals surface area contributed by atoms with E-state index in [4.69, 9.17) is 9.47 Å². The molecule has 1 aliphatic heterocycles. The number of carbonyl (C=O) groups is 2. The molecule has 1 heterocycles. The normalized spacial score (nSPS) is 13.9. The van der Waals surface area contributed by atoms with Gasteiger partial charge in [0.15, 0.2) is 0 Å². The van der Waals surface area contributed by atoms with Gasteiger partial charge in [0.1, 0.15) is 18.9 Å². The molecule has 1 aliphatic rings. The van der Waals surface area contributed by atoms with Gasteiger partial charge in [0, 0.05) is 7.11 Å². The molecule has 0 unspecified atom stereocenters. The number of para-hydroxylation sites is 1. The third-order valence-corrected chi connectivity index (χ3v) is 3.12. The minimum atomic E-state index is -0.489. The van der Waals surface area contributed by atoms with Crippen LogP contribution < -0.4 is 4.90 Å². The fraction of sp³-hybridized carbons (Fsp3) is 0.333. The van der Waals surface area contributed by atoms with E-state index in [1.807, 2.05) is 32.0 Å². The molecule has 20 heavy (non-hydrogen) atoms. The standard InChI is InChI=1S/C15H17NO4/c1-10-5-4-6-11(2)14(10)16(13(17)9-19-3)12-7-8-20-15(12)18/h4-7H,8-9H2,1-3H3. The van der Waals surface area contributed by atoms with Gasteiger partial charge in [-0.3, -0.25) is 9.69 Å². The van der Waals surface area contributed by atoms with E-state index in [1.54, 1.807) is 6.08 Å². The molecule has 0 aromatic heterocycles. The van der Waals surface area contributed by atoms with Crippen LogP contribution in [0.4, 0.5) is 5.69 Å². The minimum absolute atomic E-state index is 0.0988. The second-order valence-electron chi connectivity index (χ2n) is 4.59. The van der Waals surface area contributed by atoms with Gasteiger partial charge in [-0.25, -0.2) is 4.79 Å². The Labute approximate surface area is 117 Å². The van der Waals surface area contributed by atoms with E-state index in [9.17, 15) is 9.59 Å². The van der Waals surface area contributed by atoms with Gasteiger partial charge in [0.2, 0.25) is 0 Å². The average Bonchev–Trinajstić information content (AvgIpc) is 2.80. The van der Waals surface area contributed by atoms with Crippen molar-refractivity contribution in [2.75, 3.05) is 25.2 Å². The summed E-state index contributed by atoms with van der Waals surface area (Å²) in [4.78, 5) is 25.5. The predicted octanol–water partition coefficient (Wildman–Crippen LogP) is 1.72. The lowest BCUT2D eigenvalue weighted by Gasteiger charge is -2.25. The lowest BCUT2D eigenvalue weighted by Crippen LogP contribution is -2.36. The van der Waals surface area contributed by atoms with Gasteiger partial charge in [-0.1, -0.05) is 18.2 Å². The average molecular weight is 275 g/mol. The number of esters is 1. The van der Waals surface area contributed by atoms with E-state index in [2.05, 4.69) is 0 Å². The number of carbonyl (C=O) groups excluding carboxylic acids is 2. The Bertz CT molecular complexity index is 557. The van der Waals surface area contributed by atoms with Crippen LogP contribution in [0.2, 0.25) is 0 Å². The lowest BCUT2D eigenvalue weighted by atomic mass is 10.1. The van der Waals surface area contributed by atoms with E-state index < -0.39 is 5.97 Å². The van der Waals surface area contributed by atoms with E-state index >= 15 is 0 Å². The van der Waals surface area contributed by atoms with Crippen LogP contribution in [0.25, 0.3) is 0 Å². The minimum Gasteiger partial charge on any atom is -0.457 e. The van der Waals surface area contributed by atoms with Gasteiger partial charge in [0.05, 0.1) is 5.69 Å². The zero-order valence-electron chi connectivity index (χ0n) is 11.8. The molecule has 0 saturated heterocycles. The smallest absolute Gasteiger partial charge is 0.355 e. The van der Waals surface area contributed by atoms with Crippen LogP contribution >= 0.6 is 0 Å². The number of aryl methyl sites for hydroxylation is 2. The molecule has 1 aromatic carbocycles. The first-order chi connectivity index (χ1) is 9.56. The summed E-state index contributed by atoms with van der Waals surface area (Å²) in [5.41, 5.74) is 2.79. The van der Waals surface area contributed by atoms with Crippen LogP contribution in [0.15, 0.2) is 30.0 Å². The number of ether oxygens (including phenoxy) is 2. The molecule has 0 spiro atoms. The number of hydrogen-bond donors (Lipinski definition) is 0. The molecule has 0 saturated carbocycles. The molecule has 5 nitrogen and oxygen atoms in total. The number of amides is 1. The van der Waals surface area contributed by atoms with Crippen molar-refractivity contribution in [3.05, 3.63) is 41.1 Å². The van der Waals surface area contributed by atoms with Crippen LogP contribution in [0.5, 0.6) is 0 Å². The van der Waals surface area contributed by atoms with Crippen molar-refractivity contribution in [2.45, 2.75) is 13.8 Å². The van der Waals surface area contributed by atoms with Crippen molar-refractivity contribution in [1.82, 2.24) is 0 Å². The highest BCUT2D eigenvalue weighted by atomic mass is 16.5. The highest BCUT2D eigenvalue weighted by Crippen LogP contribution is 2.29. The summed E-state index contributed by atoms with van der Waals surface area (Å²) in [5, 5.41) is 0. The highest BCUT2D eigenvalue weighted by molar-refractivity contribution is 6.08. The SMILES string of the molecule is COCC(=O)N(C1=CCOC1=O)c1c(C)cccc1C. The third kappa shape index (κ3) is 2.58. The number of anilines is 1. The van der Waals surface area contributed by atoms with E-state index in [0.29, 0.717) is 5.69 Å². The fourth-order valence-corrected chi connectivity index (χ4v) is 2.26. The number of rotatable bonds is 4. The first-order valence-electron chi connectivity index (χ1n) is 6.31. The maximum Gasteiger partial charge on any atom is 0.355 e. The van der Waals surface area contributed by atoms with Crippen LogP contribution in [0.3, 0.4) is 0 Å². The molecule has 106 valence electrons. The zero-order valence-corrected chi connectivity index (χ0v) is 11.8. The number of cyclic esters (lactones) is 1. The molecule has 2 rings (SSSR count). The van der Waals surface area contributed by atoms with Crippen LogP contribution in [0.1, 0.15) is 11.1 Å². The quantitative estimate of drug-likeness (QED) is 0.785. The fourth-order valence-electron chi connectivity index (χ4n) is 2.26. The molecule has 1 amide bonds. The third-order valence-electron chi connectivity index (χ3n) is 3.12. The summed E-state index contributed by atoms with van der Waals surface area (Å²) in [5.74, 6) is -0.785. The molecular formula is C15H17NO4. The van der Waals surface area contributed by atoms with Crippen molar-refractivity contribution >= 4 is 17.6 Å². The monoisotopic (exact) mass is 275 g/mol. The molecule has 0 aliphatic carbocycles. The first kappa shape index (κ1) is 14.3. The maximum absolute atomic E-state index is 12.3. The maximum atomic E-state index is 12.3. The summed E-state index contributed by atoms with van der Waals surface area (Å²) < 4.78 is 9.82. The summed E-state index contributed by atoms with van der Waals surface area (Å²) in [6, 6.07) is 5.71. The predicted molar refractivity (Wildman–Crippen MR) is 74.3 cm³/mol. The molecule has 5 heteroatoms. The summed E-state index contributed by atoms with van der Waals surface area (Å²) >= 11 is 0. The molecule has 0 radical (unpaired) electrons. The number of hydrogen-bond acceptors (Lipinski definition) is 4. The van der Waals surface area contributed by atoms with E-state index in [0.717, 1.165) is 11.1 Å². The second-order valence-corrected chi connectivity index (χ2v) is 4.59. The second kappa shape index (κ2) is 5.88. The summed E-state index contributed by atoms with van der Waals surface area (Å²) in [6.45, 7) is 3.89. The molecule has 0 N–H and O–H groups in total. The van der Waals surface area contributed by atoms with Crippen molar-refractivity contribution in [3.63, 3.8) is 0 Å². The molecule has 0 fully saturated rings. The van der Waals surface area contributed by atoms with Crippen molar-refractivity contribution < 1.29 is 19.1 Å². The molecule has 1 aromatic rings. The van der Waals surface area contributed by atoms with Crippen LogP contribution in [-0.4, -0.2) is 32.2 Å². The van der Waals surface area contributed by atoms with Gasteiger partial charge >= 0.3 is 5.97 Å². The van der Waals surface area contributed by atoms with Gasteiger partial charge in [0.25, 0.3) is 5.91 Å². The Morgan fingerprint density at radius 3 is 2.50 bits per heavy atom. The Balaban J connectivity index is 2.52. The molecule has 0 atom stereocenters. The highest BCUT2D eigenvalue weighted by Gasteiger charge is 2.30. The Morgan fingerprint density at radius 2 is 2.00 bits per heavy atom. The summed E-state index contributed by atoms with van der Waals surface area (Å²) in [7, 11) is 1.45. The zero-order chi connectivity index (χ0) is 14.7. The Kier molecular flexibility index (Phi) is 4.20. The number of benzene rings is 1. The van der Waals surface area contributed by atoms with Gasteiger partial charge in [-0.2, -0.15) is 0 Å². The molecule has 0 bridgehead atoms. The van der Waals surface area contributed by atoms with Crippen molar-refractivity contribution in [3.8, 4) is 0 Å². The van der Waals surface area contributed by atoms with Gasteiger partial charge < -0.3 is 9.47 Å². The lowest BCUT2D eigenvalue weighted by molar-refractivity contribution is -0.137. The van der Waals surface area contributed by atoms with Crippen LogP contribution in [-0.2, 0) is 19.1 Å². The largest absolute Gasteiger partial charge is 0.457 e. The summed E-state index contributed by atoms with van der Waals surface area (Å²) in [6.07, 6.45) is 1.61. The van der Waals surface area contributed by atoms with E-state index in [1.165, 1.54) is 12.0 Å². The van der Waals surface area contributed by atoms with Gasteiger partial charge in [-0.05, 0) is 31.1 Å². The van der Waals surface area contributed by atoms with E-state index in [-0.39, 0.29) is 24.8 Å².